The van der Waals surface area contributed by atoms with Crippen molar-refractivity contribution in [2.45, 2.75) is 33.2 Å². The lowest BCUT2D eigenvalue weighted by molar-refractivity contribution is -0.129. The van der Waals surface area contributed by atoms with Crippen LogP contribution in [0.4, 0.5) is 5.69 Å². The monoisotopic (exact) mass is 412 g/mol. The summed E-state index contributed by atoms with van der Waals surface area (Å²) in [6.45, 7) is 4.72. The summed E-state index contributed by atoms with van der Waals surface area (Å²) >= 11 is 0. The molecule has 0 unspecified atom stereocenters. The number of fused-ring (bicyclic) bond motifs is 1. The second-order valence-electron chi connectivity index (χ2n) is 7.49. The molecule has 2 rings (SSSR count). The number of hydrogen-bond donors (Lipinski definition) is 4. The first-order chi connectivity index (χ1) is 14.2. The fourth-order valence-electron chi connectivity index (χ4n) is 2.89. The molecule has 2 aromatic carbocycles. The van der Waals surface area contributed by atoms with E-state index in [9.17, 15) is 19.2 Å². The summed E-state index contributed by atoms with van der Waals surface area (Å²) in [6.07, 6.45) is 0.449. The Kier molecular flexibility index (Phi) is 8.34. The van der Waals surface area contributed by atoms with Crippen molar-refractivity contribution in [2.24, 2.45) is 5.92 Å². The predicted octanol–water partition coefficient (Wildman–Crippen LogP) is 1.56. The number of hydrogen-bond acceptors (Lipinski definition) is 4. The van der Waals surface area contributed by atoms with Gasteiger partial charge in [-0.2, -0.15) is 0 Å². The van der Waals surface area contributed by atoms with Crippen LogP contribution in [0, 0.1) is 5.92 Å². The minimum Gasteiger partial charge on any atom is -0.347 e. The van der Waals surface area contributed by atoms with Gasteiger partial charge in [0.15, 0.2) is 0 Å². The maximum Gasteiger partial charge on any atom is 0.246 e. The standard InChI is InChI=1S/C22H28N4O4/c1-14(2)10-19(26-21(29)13-24-20(28)12-23-15(3)27)22(30)25-18-9-8-16-6-4-5-7-17(16)11-18/h4-9,11,14,19H,10,12-13H2,1-3H3,(H,23,27)(H,24,28)(H,25,30)(H,26,29)/t19-/m0/s1. The van der Waals surface area contributed by atoms with Gasteiger partial charge < -0.3 is 21.3 Å². The van der Waals surface area contributed by atoms with Crippen molar-refractivity contribution in [3.05, 3.63) is 42.5 Å². The highest BCUT2D eigenvalue weighted by atomic mass is 16.2. The molecule has 0 heterocycles. The zero-order chi connectivity index (χ0) is 22.1. The molecule has 1 atom stereocenters. The normalized spacial score (nSPS) is 11.6. The van der Waals surface area contributed by atoms with Crippen LogP contribution in [0.1, 0.15) is 27.2 Å². The highest BCUT2D eigenvalue weighted by Crippen LogP contribution is 2.19. The van der Waals surface area contributed by atoms with Gasteiger partial charge in [-0.25, -0.2) is 0 Å². The van der Waals surface area contributed by atoms with E-state index in [-0.39, 0.29) is 30.8 Å². The number of benzene rings is 2. The molecule has 0 aromatic heterocycles. The van der Waals surface area contributed by atoms with Crippen LogP contribution in [-0.4, -0.2) is 42.8 Å². The topological polar surface area (TPSA) is 116 Å². The summed E-state index contributed by atoms with van der Waals surface area (Å²) < 4.78 is 0. The van der Waals surface area contributed by atoms with Gasteiger partial charge in [0.05, 0.1) is 13.1 Å². The van der Waals surface area contributed by atoms with Crippen molar-refractivity contribution in [2.75, 3.05) is 18.4 Å². The number of anilines is 1. The molecule has 0 aliphatic carbocycles. The molecular formula is C22H28N4O4. The van der Waals surface area contributed by atoms with Crippen LogP contribution in [0.3, 0.4) is 0 Å². The van der Waals surface area contributed by atoms with Gasteiger partial charge >= 0.3 is 0 Å². The lowest BCUT2D eigenvalue weighted by atomic mass is 10.0. The molecule has 0 aliphatic heterocycles. The van der Waals surface area contributed by atoms with Crippen LogP contribution in [0.25, 0.3) is 10.8 Å². The number of carbonyl (C=O) groups is 4. The molecule has 0 aliphatic rings. The van der Waals surface area contributed by atoms with Gasteiger partial charge in [0.2, 0.25) is 23.6 Å². The van der Waals surface area contributed by atoms with Gasteiger partial charge in [-0.15, -0.1) is 0 Å². The van der Waals surface area contributed by atoms with E-state index in [0.29, 0.717) is 12.1 Å². The third-order valence-electron chi connectivity index (χ3n) is 4.32. The van der Waals surface area contributed by atoms with Crippen LogP contribution in [0.2, 0.25) is 0 Å². The molecule has 160 valence electrons. The number of amides is 4. The first-order valence-corrected chi connectivity index (χ1v) is 9.84. The fraction of sp³-hybridized carbons (Fsp3) is 0.364. The summed E-state index contributed by atoms with van der Waals surface area (Å²) in [5, 5.41) is 12.4. The van der Waals surface area contributed by atoms with Crippen molar-refractivity contribution < 1.29 is 19.2 Å². The number of carbonyl (C=O) groups excluding carboxylic acids is 4. The average Bonchev–Trinajstić information content (AvgIpc) is 2.69. The van der Waals surface area contributed by atoms with Crippen molar-refractivity contribution >= 4 is 40.1 Å². The molecule has 0 spiro atoms. The van der Waals surface area contributed by atoms with Gasteiger partial charge in [-0.3, -0.25) is 19.2 Å². The number of rotatable bonds is 9. The maximum absolute atomic E-state index is 12.8. The van der Waals surface area contributed by atoms with Crippen LogP contribution in [0.5, 0.6) is 0 Å². The summed E-state index contributed by atoms with van der Waals surface area (Å²) in [6, 6.07) is 12.7. The molecule has 0 saturated carbocycles. The molecular weight excluding hydrogens is 384 g/mol. The lowest BCUT2D eigenvalue weighted by Crippen LogP contribution is -2.48. The lowest BCUT2D eigenvalue weighted by Gasteiger charge is -2.20. The zero-order valence-electron chi connectivity index (χ0n) is 17.5. The molecule has 2 aromatic rings. The van der Waals surface area contributed by atoms with E-state index < -0.39 is 17.9 Å². The van der Waals surface area contributed by atoms with Gasteiger partial charge in [0.25, 0.3) is 0 Å². The van der Waals surface area contributed by atoms with Gasteiger partial charge in [0, 0.05) is 12.6 Å². The van der Waals surface area contributed by atoms with E-state index in [1.54, 1.807) is 0 Å². The number of nitrogens with one attached hydrogen (secondary N) is 4. The van der Waals surface area contributed by atoms with Crippen molar-refractivity contribution in [3.8, 4) is 0 Å². The molecule has 4 N–H and O–H groups in total. The first kappa shape index (κ1) is 22.9. The summed E-state index contributed by atoms with van der Waals surface area (Å²) in [7, 11) is 0. The summed E-state index contributed by atoms with van der Waals surface area (Å²) in [5.74, 6) is -1.45. The van der Waals surface area contributed by atoms with E-state index in [2.05, 4.69) is 21.3 Å². The van der Waals surface area contributed by atoms with Crippen molar-refractivity contribution in [3.63, 3.8) is 0 Å². The second kappa shape index (κ2) is 10.9. The Bertz CT molecular complexity index is 926. The molecule has 8 nitrogen and oxygen atoms in total. The van der Waals surface area contributed by atoms with E-state index in [4.69, 9.17) is 0 Å². The third-order valence-corrected chi connectivity index (χ3v) is 4.32. The minimum atomic E-state index is -0.740. The largest absolute Gasteiger partial charge is 0.347 e. The predicted molar refractivity (Wildman–Crippen MR) is 116 cm³/mol. The fourth-order valence-corrected chi connectivity index (χ4v) is 2.89. The molecule has 0 bridgehead atoms. The Morgan fingerprint density at radius 1 is 0.867 bits per heavy atom. The summed E-state index contributed by atoms with van der Waals surface area (Å²) in [4.78, 5) is 47.4. The van der Waals surface area contributed by atoms with Crippen LogP contribution in [-0.2, 0) is 19.2 Å². The molecule has 0 saturated heterocycles. The first-order valence-electron chi connectivity index (χ1n) is 9.84. The van der Waals surface area contributed by atoms with E-state index >= 15 is 0 Å². The Morgan fingerprint density at radius 3 is 2.20 bits per heavy atom. The highest BCUT2D eigenvalue weighted by molar-refractivity contribution is 5.99. The molecule has 30 heavy (non-hydrogen) atoms. The van der Waals surface area contributed by atoms with Gasteiger partial charge in [0.1, 0.15) is 6.04 Å². The molecule has 8 heteroatoms. The third kappa shape index (κ3) is 7.54. The summed E-state index contributed by atoms with van der Waals surface area (Å²) in [5.41, 5.74) is 0.644. The van der Waals surface area contributed by atoms with Crippen molar-refractivity contribution in [1.29, 1.82) is 0 Å². The van der Waals surface area contributed by atoms with Crippen LogP contribution >= 0.6 is 0 Å². The molecule has 4 amide bonds. The zero-order valence-corrected chi connectivity index (χ0v) is 17.5. The van der Waals surface area contributed by atoms with Gasteiger partial charge in [-0.05, 0) is 35.2 Å². The Morgan fingerprint density at radius 2 is 1.53 bits per heavy atom. The Hall–Kier alpha value is -3.42. The van der Waals surface area contributed by atoms with E-state index in [1.165, 1.54) is 6.92 Å². The Balaban J connectivity index is 1.95. The van der Waals surface area contributed by atoms with Crippen LogP contribution < -0.4 is 21.3 Å². The average molecular weight is 412 g/mol. The second-order valence-corrected chi connectivity index (χ2v) is 7.49. The SMILES string of the molecule is CC(=O)NCC(=O)NCC(=O)N[C@@H](CC(C)C)C(=O)Nc1ccc2ccccc2c1. The van der Waals surface area contributed by atoms with Gasteiger partial charge in [-0.1, -0.05) is 44.2 Å². The minimum absolute atomic E-state index is 0.173. The quantitative estimate of drug-likeness (QED) is 0.500. The Labute approximate surface area is 175 Å². The maximum atomic E-state index is 12.8. The van der Waals surface area contributed by atoms with E-state index in [0.717, 1.165) is 10.8 Å². The molecule has 0 radical (unpaired) electrons. The van der Waals surface area contributed by atoms with Crippen molar-refractivity contribution in [1.82, 2.24) is 16.0 Å². The van der Waals surface area contributed by atoms with Crippen LogP contribution in [0.15, 0.2) is 42.5 Å². The smallest absolute Gasteiger partial charge is 0.246 e. The highest BCUT2D eigenvalue weighted by Gasteiger charge is 2.22. The van der Waals surface area contributed by atoms with E-state index in [1.807, 2.05) is 56.3 Å². The molecule has 0 fully saturated rings.